The molecular weight excluding hydrogens is 351 g/mol. The molecule has 1 fully saturated rings. The fourth-order valence-electron chi connectivity index (χ4n) is 3.38. The summed E-state index contributed by atoms with van der Waals surface area (Å²) in [5, 5.41) is 12.0. The van der Waals surface area contributed by atoms with Gasteiger partial charge in [-0.25, -0.2) is 9.37 Å². The van der Waals surface area contributed by atoms with Gasteiger partial charge in [0.15, 0.2) is 11.6 Å². The summed E-state index contributed by atoms with van der Waals surface area (Å²) in [5.74, 6) is -0.0700. The molecule has 1 aromatic carbocycles. The smallest absolute Gasteiger partial charge is 0.165 e. The first-order chi connectivity index (χ1) is 12.5. The van der Waals surface area contributed by atoms with Gasteiger partial charge in [-0.15, -0.1) is 11.3 Å². The number of benzene rings is 1. The van der Waals surface area contributed by atoms with Crippen LogP contribution in [0.25, 0.3) is 0 Å². The molecule has 1 saturated heterocycles. The van der Waals surface area contributed by atoms with Gasteiger partial charge in [0.05, 0.1) is 12.3 Å². The molecule has 0 radical (unpaired) electrons. The van der Waals surface area contributed by atoms with Crippen molar-refractivity contribution in [3.05, 3.63) is 45.7 Å². The van der Waals surface area contributed by atoms with Crippen LogP contribution in [0.4, 0.5) is 4.39 Å². The summed E-state index contributed by atoms with van der Waals surface area (Å²) < 4.78 is 19.2. The third-order valence-electron chi connectivity index (χ3n) is 5.07. The van der Waals surface area contributed by atoms with Crippen molar-refractivity contribution in [2.24, 2.45) is 0 Å². The Kier molecular flexibility index (Phi) is 6.27. The van der Waals surface area contributed by atoms with E-state index in [1.54, 1.807) is 29.5 Å². The number of para-hydroxylation sites is 1. The number of ether oxygens (including phenoxy) is 1. The summed E-state index contributed by atoms with van der Waals surface area (Å²) in [5.41, 5.74) is 0.108. The van der Waals surface area contributed by atoms with Gasteiger partial charge in [0.2, 0.25) is 0 Å². The molecule has 0 aliphatic carbocycles. The van der Waals surface area contributed by atoms with Crippen molar-refractivity contribution in [1.82, 2.24) is 9.88 Å². The van der Waals surface area contributed by atoms with Gasteiger partial charge in [0.25, 0.3) is 0 Å². The fourth-order valence-corrected chi connectivity index (χ4v) is 4.57. The van der Waals surface area contributed by atoms with E-state index in [9.17, 15) is 9.50 Å². The summed E-state index contributed by atoms with van der Waals surface area (Å²) >= 11 is 1.57. The van der Waals surface area contributed by atoms with Gasteiger partial charge in [0, 0.05) is 17.8 Å². The van der Waals surface area contributed by atoms with Crippen molar-refractivity contribution in [2.75, 3.05) is 26.2 Å². The standard InChI is InChI=1S/C20H27FN2O2S/c1-3-23-12-6-10-20(24,11-13-23)19-22-15(2)18(26-19)9-14-25-17-8-5-4-7-16(17)21/h4-5,7-8,24H,3,6,9-14H2,1-2H3/t20-/m1/s1. The molecule has 142 valence electrons. The maximum absolute atomic E-state index is 13.6. The number of aromatic nitrogens is 1. The van der Waals surface area contributed by atoms with Crippen LogP contribution in [0.3, 0.4) is 0 Å². The summed E-state index contributed by atoms with van der Waals surface area (Å²) in [7, 11) is 0. The van der Waals surface area contributed by atoms with Crippen molar-refractivity contribution in [3.63, 3.8) is 0 Å². The van der Waals surface area contributed by atoms with Crippen LogP contribution in [-0.2, 0) is 12.0 Å². The van der Waals surface area contributed by atoms with Gasteiger partial charge in [0.1, 0.15) is 10.6 Å². The molecule has 2 heterocycles. The largest absolute Gasteiger partial charge is 0.490 e. The van der Waals surface area contributed by atoms with Gasteiger partial charge < -0.3 is 14.7 Å². The number of aliphatic hydroxyl groups is 1. The van der Waals surface area contributed by atoms with E-state index in [0.717, 1.165) is 54.5 Å². The van der Waals surface area contributed by atoms with Crippen LogP contribution >= 0.6 is 11.3 Å². The lowest BCUT2D eigenvalue weighted by Crippen LogP contribution is -2.29. The lowest BCUT2D eigenvalue weighted by atomic mass is 9.96. The quantitative estimate of drug-likeness (QED) is 0.828. The summed E-state index contributed by atoms with van der Waals surface area (Å²) in [6.07, 6.45) is 3.12. The number of aryl methyl sites for hydroxylation is 1. The Labute approximate surface area is 158 Å². The van der Waals surface area contributed by atoms with Crippen LogP contribution in [0.2, 0.25) is 0 Å². The topological polar surface area (TPSA) is 45.6 Å². The number of hydrogen-bond donors (Lipinski definition) is 1. The molecule has 1 N–H and O–H groups in total. The Hall–Kier alpha value is -1.50. The van der Waals surface area contributed by atoms with E-state index >= 15 is 0 Å². The highest BCUT2D eigenvalue weighted by molar-refractivity contribution is 7.11. The van der Waals surface area contributed by atoms with Crippen LogP contribution in [0.5, 0.6) is 5.75 Å². The maximum atomic E-state index is 13.6. The van der Waals surface area contributed by atoms with Crippen molar-refractivity contribution in [1.29, 1.82) is 0 Å². The Morgan fingerprint density at radius 2 is 2.12 bits per heavy atom. The van der Waals surface area contributed by atoms with Crippen molar-refractivity contribution >= 4 is 11.3 Å². The summed E-state index contributed by atoms with van der Waals surface area (Å²) in [6, 6.07) is 6.44. The number of halogens is 1. The highest BCUT2D eigenvalue weighted by Gasteiger charge is 2.35. The zero-order chi connectivity index (χ0) is 18.6. The highest BCUT2D eigenvalue weighted by atomic mass is 32.1. The molecule has 2 aromatic rings. The average Bonchev–Trinajstić information content (AvgIpc) is 2.89. The lowest BCUT2D eigenvalue weighted by molar-refractivity contribution is 0.0210. The van der Waals surface area contributed by atoms with Crippen LogP contribution in [0.1, 0.15) is 41.8 Å². The maximum Gasteiger partial charge on any atom is 0.165 e. The molecule has 0 bridgehead atoms. The molecule has 1 atom stereocenters. The molecule has 0 saturated carbocycles. The molecule has 0 amide bonds. The number of nitrogens with zero attached hydrogens (tertiary/aromatic N) is 2. The van der Waals surface area contributed by atoms with Crippen molar-refractivity contribution < 1.29 is 14.2 Å². The first-order valence-corrected chi connectivity index (χ1v) is 10.1. The minimum Gasteiger partial charge on any atom is -0.490 e. The Morgan fingerprint density at radius 1 is 1.31 bits per heavy atom. The van der Waals surface area contributed by atoms with E-state index in [-0.39, 0.29) is 11.6 Å². The predicted octanol–water partition coefficient (Wildman–Crippen LogP) is 3.91. The third-order valence-corrected chi connectivity index (χ3v) is 6.48. The molecule has 1 aliphatic rings. The van der Waals surface area contributed by atoms with E-state index in [2.05, 4.69) is 16.8 Å². The van der Waals surface area contributed by atoms with Crippen LogP contribution < -0.4 is 4.74 Å². The number of rotatable bonds is 6. The van der Waals surface area contributed by atoms with Crippen LogP contribution in [0.15, 0.2) is 24.3 Å². The molecule has 4 nitrogen and oxygen atoms in total. The minimum atomic E-state index is -0.829. The fraction of sp³-hybridized carbons (Fsp3) is 0.550. The zero-order valence-electron chi connectivity index (χ0n) is 15.5. The monoisotopic (exact) mass is 378 g/mol. The molecule has 1 aromatic heterocycles. The zero-order valence-corrected chi connectivity index (χ0v) is 16.3. The second-order valence-electron chi connectivity index (χ2n) is 6.88. The van der Waals surface area contributed by atoms with E-state index < -0.39 is 5.60 Å². The van der Waals surface area contributed by atoms with E-state index in [0.29, 0.717) is 13.0 Å². The second kappa shape index (κ2) is 8.46. The molecule has 1 aliphatic heterocycles. The molecular formula is C20H27FN2O2S. The minimum absolute atomic E-state index is 0.275. The first-order valence-electron chi connectivity index (χ1n) is 9.30. The van der Waals surface area contributed by atoms with E-state index in [1.807, 2.05) is 6.92 Å². The van der Waals surface area contributed by atoms with Gasteiger partial charge in [-0.1, -0.05) is 19.1 Å². The summed E-state index contributed by atoms with van der Waals surface area (Å²) in [6.45, 7) is 7.48. The Morgan fingerprint density at radius 3 is 2.88 bits per heavy atom. The first kappa shape index (κ1) is 19.3. The number of hydrogen-bond acceptors (Lipinski definition) is 5. The summed E-state index contributed by atoms with van der Waals surface area (Å²) in [4.78, 5) is 8.14. The number of likely N-dealkylation sites (tertiary alicyclic amines) is 1. The molecule has 26 heavy (non-hydrogen) atoms. The molecule has 0 unspecified atom stereocenters. The van der Waals surface area contributed by atoms with Crippen molar-refractivity contribution in [2.45, 2.75) is 45.1 Å². The molecule has 3 rings (SSSR count). The van der Waals surface area contributed by atoms with Gasteiger partial charge >= 0.3 is 0 Å². The normalized spacial score (nSPS) is 21.5. The Balaban J connectivity index is 1.64. The Bertz CT molecular complexity index is 736. The molecule has 6 heteroatoms. The predicted molar refractivity (Wildman–Crippen MR) is 102 cm³/mol. The van der Waals surface area contributed by atoms with E-state index in [4.69, 9.17) is 4.74 Å². The highest BCUT2D eigenvalue weighted by Crippen LogP contribution is 2.36. The van der Waals surface area contributed by atoms with E-state index in [1.165, 1.54) is 6.07 Å². The second-order valence-corrected chi connectivity index (χ2v) is 7.96. The van der Waals surface area contributed by atoms with Crippen LogP contribution in [0, 0.1) is 12.7 Å². The van der Waals surface area contributed by atoms with Gasteiger partial charge in [-0.05, 0) is 51.4 Å². The van der Waals surface area contributed by atoms with Crippen LogP contribution in [-0.4, -0.2) is 41.2 Å². The van der Waals surface area contributed by atoms with Gasteiger partial charge in [-0.3, -0.25) is 0 Å². The number of thiazole rings is 1. The lowest BCUT2D eigenvalue weighted by Gasteiger charge is -2.24. The van der Waals surface area contributed by atoms with Gasteiger partial charge in [-0.2, -0.15) is 0 Å². The SMILES string of the molecule is CCN1CCC[C@](O)(c2nc(C)c(CCOc3ccccc3F)s2)CC1. The van der Waals surface area contributed by atoms with Crippen molar-refractivity contribution in [3.8, 4) is 5.75 Å². The molecule has 0 spiro atoms. The third kappa shape index (κ3) is 4.42. The average molecular weight is 379 g/mol.